The fourth-order valence-electron chi connectivity index (χ4n) is 1.36. The molecule has 0 saturated heterocycles. The van der Waals surface area contributed by atoms with Crippen molar-refractivity contribution in [3.63, 3.8) is 0 Å². The number of rotatable bonds is 6. The van der Waals surface area contributed by atoms with Gasteiger partial charge in [-0.1, -0.05) is 18.5 Å². The van der Waals surface area contributed by atoms with Crippen molar-refractivity contribution in [3.05, 3.63) is 28.8 Å². The number of amides is 1. The Kier molecular flexibility index (Phi) is 6.15. The summed E-state index contributed by atoms with van der Waals surface area (Å²) < 4.78 is 9.93. The number of halogens is 1. The second-order valence-electron chi connectivity index (χ2n) is 3.77. The summed E-state index contributed by atoms with van der Waals surface area (Å²) in [6, 6.07) is 4.61. The Labute approximate surface area is 116 Å². The first-order valence-corrected chi connectivity index (χ1v) is 6.23. The van der Waals surface area contributed by atoms with E-state index >= 15 is 0 Å². The van der Waals surface area contributed by atoms with Crippen molar-refractivity contribution < 1.29 is 19.1 Å². The smallest absolute Gasteiger partial charge is 0.342 e. The standard InChI is InChI=1S/C13H16ClNO4/c1-3-6-15-12(16)8-19-13(17)10-7-9(14)4-5-11(10)18-2/h4-5,7H,3,6,8H2,1-2H3,(H,15,16). The monoisotopic (exact) mass is 285 g/mol. The summed E-state index contributed by atoms with van der Waals surface area (Å²) in [6.45, 7) is 2.16. The number of ether oxygens (including phenoxy) is 2. The summed E-state index contributed by atoms with van der Waals surface area (Å²) >= 11 is 5.81. The molecule has 1 N–H and O–H groups in total. The molecule has 1 aromatic rings. The Hall–Kier alpha value is -1.75. The molecule has 0 spiro atoms. The van der Waals surface area contributed by atoms with Gasteiger partial charge in [-0.3, -0.25) is 4.79 Å². The normalized spacial score (nSPS) is 9.84. The molecule has 0 radical (unpaired) electrons. The lowest BCUT2D eigenvalue weighted by Crippen LogP contribution is -2.29. The Morgan fingerprint density at radius 3 is 2.74 bits per heavy atom. The van der Waals surface area contributed by atoms with Crippen LogP contribution < -0.4 is 10.1 Å². The van der Waals surface area contributed by atoms with Crippen LogP contribution in [0.3, 0.4) is 0 Å². The quantitative estimate of drug-likeness (QED) is 0.812. The molecule has 0 unspecified atom stereocenters. The third kappa shape index (κ3) is 4.79. The van der Waals surface area contributed by atoms with Gasteiger partial charge in [-0.2, -0.15) is 0 Å². The van der Waals surface area contributed by atoms with Crippen LogP contribution in [0.5, 0.6) is 5.75 Å². The van der Waals surface area contributed by atoms with Gasteiger partial charge in [0.25, 0.3) is 5.91 Å². The average molecular weight is 286 g/mol. The lowest BCUT2D eigenvalue weighted by molar-refractivity contribution is -0.124. The van der Waals surface area contributed by atoms with Crippen LogP contribution in [-0.2, 0) is 9.53 Å². The molecule has 1 aromatic carbocycles. The van der Waals surface area contributed by atoms with Crippen LogP contribution in [0.15, 0.2) is 18.2 Å². The van der Waals surface area contributed by atoms with Gasteiger partial charge in [-0.05, 0) is 24.6 Å². The van der Waals surface area contributed by atoms with Crippen LogP contribution >= 0.6 is 11.6 Å². The highest BCUT2D eigenvalue weighted by molar-refractivity contribution is 6.31. The third-order valence-electron chi connectivity index (χ3n) is 2.29. The first-order chi connectivity index (χ1) is 9.08. The number of carbonyl (C=O) groups is 2. The maximum atomic E-state index is 11.8. The molecule has 0 aliphatic heterocycles. The lowest BCUT2D eigenvalue weighted by Gasteiger charge is -2.09. The lowest BCUT2D eigenvalue weighted by atomic mass is 10.2. The molecule has 5 nitrogen and oxygen atoms in total. The molecule has 19 heavy (non-hydrogen) atoms. The zero-order valence-electron chi connectivity index (χ0n) is 10.9. The van der Waals surface area contributed by atoms with Crippen LogP contribution in [0.4, 0.5) is 0 Å². The fraction of sp³-hybridized carbons (Fsp3) is 0.385. The average Bonchev–Trinajstić information content (AvgIpc) is 2.42. The van der Waals surface area contributed by atoms with Gasteiger partial charge in [0.15, 0.2) is 6.61 Å². The van der Waals surface area contributed by atoms with Crippen LogP contribution in [0.2, 0.25) is 5.02 Å². The molecular weight excluding hydrogens is 270 g/mol. The minimum absolute atomic E-state index is 0.193. The summed E-state index contributed by atoms with van der Waals surface area (Å²) in [6.07, 6.45) is 0.821. The Bertz CT molecular complexity index is 462. The van der Waals surface area contributed by atoms with Crippen molar-refractivity contribution in [2.75, 3.05) is 20.3 Å². The molecule has 1 rings (SSSR count). The molecule has 0 fully saturated rings. The van der Waals surface area contributed by atoms with Gasteiger partial charge in [0.05, 0.1) is 7.11 Å². The van der Waals surface area contributed by atoms with Crippen molar-refractivity contribution in [3.8, 4) is 5.75 Å². The summed E-state index contributed by atoms with van der Waals surface area (Å²) in [7, 11) is 1.44. The minimum atomic E-state index is -0.647. The van der Waals surface area contributed by atoms with Crippen LogP contribution in [-0.4, -0.2) is 32.1 Å². The molecule has 0 saturated carbocycles. The predicted octanol–water partition coefficient (Wildman–Crippen LogP) is 2.03. The maximum absolute atomic E-state index is 11.8. The van der Waals surface area contributed by atoms with E-state index in [0.29, 0.717) is 17.3 Å². The van der Waals surface area contributed by atoms with Crippen molar-refractivity contribution in [1.82, 2.24) is 5.32 Å². The maximum Gasteiger partial charge on any atom is 0.342 e. The van der Waals surface area contributed by atoms with E-state index in [1.807, 2.05) is 6.92 Å². The number of hydrogen-bond donors (Lipinski definition) is 1. The Balaban J connectivity index is 2.63. The van der Waals surface area contributed by atoms with Gasteiger partial charge in [-0.15, -0.1) is 0 Å². The van der Waals surface area contributed by atoms with Crippen molar-refractivity contribution in [2.45, 2.75) is 13.3 Å². The molecule has 0 bridgehead atoms. The Morgan fingerprint density at radius 1 is 1.37 bits per heavy atom. The molecule has 6 heteroatoms. The highest BCUT2D eigenvalue weighted by atomic mass is 35.5. The molecule has 0 atom stereocenters. The molecule has 1 amide bonds. The second kappa shape index (κ2) is 7.63. The molecular formula is C13H16ClNO4. The Morgan fingerprint density at radius 2 is 2.11 bits per heavy atom. The summed E-state index contributed by atoms with van der Waals surface area (Å²) in [5.41, 5.74) is 0.193. The largest absolute Gasteiger partial charge is 0.496 e. The molecule has 0 aliphatic carbocycles. The summed E-state index contributed by atoms with van der Waals surface area (Å²) in [5, 5.41) is 3.00. The summed E-state index contributed by atoms with van der Waals surface area (Å²) in [5.74, 6) is -0.634. The number of nitrogens with one attached hydrogen (secondary N) is 1. The first-order valence-electron chi connectivity index (χ1n) is 5.85. The van der Waals surface area contributed by atoms with Crippen molar-refractivity contribution >= 4 is 23.5 Å². The molecule has 0 heterocycles. The fourth-order valence-corrected chi connectivity index (χ4v) is 1.54. The van der Waals surface area contributed by atoms with E-state index in [1.54, 1.807) is 12.1 Å². The van der Waals surface area contributed by atoms with E-state index in [0.717, 1.165) is 6.42 Å². The highest BCUT2D eigenvalue weighted by Gasteiger charge is 2.15. The van der Waals surface area contributed by atoms with E-state index in [4.69, 9.17) is 21.1 Å². The predicted molar refractivity (Wildman–Crippen MR) is 71.6 cm³/mol. The van der Waals surface area contributed by atoms with E-state index in [2.05, 4.69) is 5.32 Å². The van der Waals surface area contributed by atoms with Crippen molar-refractivity contribution in [2.24, 2.45) is 0 Å². The first kappa shape index (κ1) is 15.3. The molecule has 0 aromatic heterocycles. The number of hydrogen-bond acceptors (Lipinski definition) is 4. The SMILES string of the molecule is CCCNC(=O)COC(=O)c1cc(Cl)ccc1OC. The number of methoxy groups -OCH3 is 1. The zero-order chi connectivity index (χ0) is 14.3. The van der Waals surface area contributed by atoms with Gasteiger partial charge in [-0.25, -0.2) is 4.79 Å². The van der Waals surface area contributed by atoms with Crippen LogP contribution in [0.1, 0.15) is 23.7 Å². The van der Waals surface area contributed by atoms with E-state index < -0.39 is 5.97 Å². The van der Waals surface area contributed by atoms with Gasteiger partial charge in [0.1, 0.15) is 11.3 Å². The minimum Gasteiger partial charge on any atom is -0.496 e. The van der Waals surface area contributed by atoms with E-state index in [1.165, 1.54) is 13.2 Å². The van der Waals surface area contributed by atoms with Crippen LogP contribution in [0, 0.1) is 0 Å². The van der Waals surface area contributed by atoms with E-state index in [9.17, 15) is 9.59 Å². The van der Waals surface area contributed by atoms with Gasteiger partial charge < -0.3 is 14.8 Å². The van der Waals surface area contributed by atoms with Gasteiger partial charge >= 0.3 is 5.97 Å². The van der Waals surface area contributed by atoms with Crippen molar-refractivity contribution in [1.29, 1.82) is 0 Å². The molecule has 104 valence electrons. The number of benzene rings is 1. The number of carbonyl (C=O) groups excluding carboxylic acids is 2. The zero-order valence-corrected chi connectivity index (χ0v) is 11.6. The van der Waals surface area contributed by atoms with Gasteiger partial charge in [0, 0.05) is 11.6 Å². The number of esters is 1. The van der Waals surface area contributed by atoms with Gasteiger partial charge in [0.2, 0.25) is 0 Å². The van der Waals surface area contributed by atoms with E-state index in [-0.39, 0.29) is 18.1 Å². The summed E-state index contributed by atoms with van der Waals surface area (Å²) in [4.78, 5) is 23.1. The van der Waals surface area contributed by atoms with Crippen LogP contribution in [0.25, 0.3) is 0 Å². The third-order valence-corrected chi connectivity index (χ3v) is 2.52. The second-order valence-corrected chi connectivity index (χ2v) is 4.21. The highest BCUT2D eigenvalue weighted by Crippen LogP contribution is 2.23. The topological polar surface area (TPSA) is 64.6 Å². The molecule has 0 aliphatic rings.